The van der Waals surface area contributed by atoms with Crippen LogP contribution in [0.25, 0.3) is 0 Å². The van der Waals surface area contributed by atoms with Crippen LogP contribution >= 0.6 is 0 Å². The van der Waals surface area contributed by atoms with Crippen LogP contribution in [0.15, 0.2) is 41.4 Å². The molecule has 4 bridgehead atoms. The fourth-order valence-electron chi connectivity index (χ4n) is 3.97. The van der Waals surface area contributed by atoms with Gasteiger partial charge in [0.2, 0.25) is 0 Å². The van der Waals surface area contributed by atoms with E-state index in [0.717, 1.165) is 54.5 Å². The van der Waals surface area contributed by atoms with Gasteiger partial charge in [0.25, 0.3) is 0 Å². The molecule has 0 aromatic heterocycles. The lowest BCUT2D eigenvalue weighted by Crippen LogP contribution is -2.16. The van der Waals surface area contributed by atoms with Crippen molar-refractivity contribution in [2.24, 2.45) is 10.9 Å². The quantitative estimate of drug-likeness (QED) is 0.767. The van der Waals surface area contributed by atoms with Crippen molar-refractivity contribution < 1.29 is 10.2 Å². The molecular weight excluding hydrogens is 334 g/mol. The minimum Gasteiger partial charge on any atom is -0.507 e. The van der Waals surface area contributed by atoms with E-state index in [0.29, 0.717) is 11.7 Å². The highest BCUT2D eigenvalue weighted by atomic mass is 16.3. The van der Waals surface area contributed by atoms with E-state index >= 15 is 0 Å². The Hall–Kier alpha value is -2.13. The number of phenolic OH excluding ortho intramolecular Hbond substituents is 1. The van der Waals surface area contributed by atoms with Gasteiger partial charge in [0, 0.05) is 11.3 Å². The number of aliphatic hydroxyl groups is 1. The topological polar surface area (TPSA) is 52.8 Å². The van der Waals surface area contributed by atoms with Crippen LogP contribution in [0.3, 0.4) is 0 Å². The summed E-state index contributed by atoms with van der Waals surface area (Å²) in [5, 5.41) is 20.7. The minimum atomic E-state index is -0.119. The molecule has 3 heteroatoms. The normalized spacial score (nSPS) is 15.7. The van der Waals surface area contributed by atoms with Crippen LogP contribution in [0.5, 0.6) is 5.75 Å². The van der Waals surface area contributed by atoms with E-state index in [2.05, 4.69) is 50.2 Å². The minimum absolute atomic E-state index is 0.0388. The zero-order chi connectivity index (χ0) is 19.4. The van der Waals surface area contributed by atoms with Crippen molar-refractivity contribution in [3.05, 3.63) is 64.2 Å². The van der Waals surface area contributed by atoms with E-state index in [1.54, 1.807) is 0 Å². The van der Waals surface area contributed by atoms with Gasteiger partial charge in [-0.2, -0.15) is 0 Å². The maximum absolute atomic E-state index is 11.0. The fourth-order valence-corrected chi connectivity index (χ4v) is 3.97. The van der Waals surface area contributed by atoms with Gasteiger partial charge in [-0.3, -0.25) is 4.99 Å². The second kappa shape index (κ2) is 8.71. The van der Waals surface area contributed by atoms with Crippen LogP contribution in [-0.2, 0) is 25.7 Å². The van der Waals surface area contributed by atoms with E-state index in [1.165, 1.54) is 11.1 Å². The highest BCUT2D eigenvalue weighted by molar-refractivity contribution is 6.03. The number of hydrogen-bond donors (Lipinski definition) is 2. The van der Waals surface area contributed by atoms with Crippen LogP contribution in [-0.4, -0.2) is 28.6 Å². The lowest BCUT2D eigenvalue weighted by atomic mass is 9.90. The summed E-state index contributed by atoms with van der Waals surface area (Å²) in [4.78, 5) is 4.78. The molecule has 0 fully saturated rings. The van der Waals surface area contributed by atoms with Crippen molar-refractivity contribution >= 4 is 5.71 Å². The second-order valence-electron chi connectivity index (χ2n) is 8.10. The van der Waals surface area contributed by atoms with Crippen LogP contribution in [0.2, 0.25) is 0 Å². The van der Waals surface area contributed by atoms with Crippen molar-refractivity contribution in [2.75, 3.05) is 6.61 Å². The lowest BCUT2D eigenvalue weighted by molar-refractivity contribution is 0.251. The molecule has 0 unspecified atom stereocenters. The van der Waals surface area contributed by atoms with Crippen molar-refractivity contribution in [1.29, 1.82) is 0 Å². The summed E-state index contributed by atoms with van der Waals surface area (Å²) in [5.41, 5.74) is 6.41. The summed E-state index contributed by atoms with van der Waals surface area (Å²) >= 11 is 0. The van der Waals surface area contributed by atoms with Crippen LogP contribution in [0.4, 0.5) is 0 Å². The summed E-state index contributed by atoms with van der Waals surface area (Å²) in [6, 6.07) is 12.9. The third kappa shape index (κ3) is 4.78. The first kappa shape index (κ1) is 19.6. The molecule has 27 heavy (non-hydrogen) atoms. The average molecular weight is 366 g/mol. The summed E-state index contributed by atoms with van der Waals surface area (Å²) < 4.78 is 0. The number of nitrogens with zero attached hydrogens (tertiary/aromatic N) is 1. The zero-order valence-electron chi connectivity index (χ0n) is 16.7. The molecule has 0 aliphatic heterocycles. The molecule has 2 N–H and O–H groups in total. The van der Waals surface area contributed by atoms with Gasteiger partial charge in [0.1, 0.15) is 5.75 Å². The van der Waals surface area contributed by atoms with E-state index in [1.807, 2.05) is 6.92 Å². The Morgan fingerprint density at radius 2 is 1.48 bits per heavy atom. The van der Waals surface area contributed by atoms with Gasteiger partial charge in [0.05, 0.1) is 12.6 Å². The number of aryl methyl sites for hydroxylation is 4. The lowest BCUT2D eigenvalue weighted by Gasteiger charge is -2.19. The Bertz CT molecular complexity index is 806. The monoisotopic (exact) mass is 365 g/mol. The Morgan fingerprint density at radius 1 is 0.926 bits per heavy atom. The Morgan fingerprint density at radius 3 is 2.04 bits per heavy atom. The van der Waals surface area contributed by atoms with Gasteiger partial charge in [-0.15, -0.1) is 0 Å². The van der Waals surface area contributed by atoms with E-state index < -0.39 is 0 Å². The Labute approximate surface area is 162 Å². The number of aliphatic hydroxyl groups excluding tert-OH is 1. The second-order valence-corrected chi connectivity index (χ2v) is 8.10. The van der Waals surface area contributed by atoms with E-state index in [-0.39, 0.29) is 12.6 Å². The van der Waals surface area contributed by atoms with Gasteiger partial charge in [-0.1, -0.05) is 50.2 Å². The Kier molecular flexibility index (Phi) is 6.33. The number of hydrogen-bond acceptors (Lipinski definition) is 3. The molecule has 2 aromatic carbocycles. The molecule has 4 aliphatic carbocycles. The number of benzene rings is 2. The maximum atomic E-state index is 11.0. The van der Waals surface area contributed by atoms with Gasteiger partial charge in [0.15, 0.2) is 0 Å². The molecule has 0 saturated carbocycles. The largest absolute Gasteiger partial charge is 0.507 e. The van der Waals surface area contributed by atoms with E-state index in [9.17, 15) is 10.2 Å². The SMILES string of the molecule is CC(=N[C@@H](CO)CC(C)C)c1c2ccc(c1O)CCc1ccc(cc1)CC2. The molecule has 144 valence electrons. The predicted octanol–water partition coefficient (Wildman–Crippen LogP) is 4.49. The molecule has 3 nitrogen and oxygen atoms in total. The van der Waals surface area contributed by atoms with Crippen molar-refractivity contribution in [3.8, 4) is 5.75 Å². The average Bonchev–Trinajstić information content (AvgIpc) is 2.63. The molecule has 0 heterocycles. The summed E-state index contributed by atoms with van der Waals surface area (Å²) in [6.07, 6.45) is 4.37. The number of aliphatic imine (C=N–C) groups is 1. The van der Waals surface area contributed by atoms with Crippen LogP contribution in [0.1, 0.15) is 55.0 Å². The third-order valence-electron chi connectivity index (χ3n) is 5.43. The summed E-state index contributed by atoms with van der Waals surface area (Å²) in [5.74, 6) is 0.837. The van der Waals surface area contributed by atoms with Gasteiger partial charge >= 0.3 is 0 Å². The van der Waals surface area contributed by atoms with Crippen LogP contribution in [0, 0.1) is 5.92 Å². The standard InChI is InChI=1S/C24H31NO2/c1-16(2)14-22(15-26)25-17(3)23-20-10-8-18-4-6-19(7-5-18)9-11-21(13-12-20)24(23)27/h4-7,12-13,16,22,26-27H,8-11,14-15H2,1-3H3/t22-/m1/s1. The molecule has 0 radical (unpaired) electrons. The fraction of sp³-hybridized carbons (Fsp3) is 0.458. The Balaban J connectivity index is 2.00. The highest BCUT2D eigenvalue weighted by Gasteiger charge is 2.18. The van der Waals surface area contributed by atoms with Gasteiger partial charge in [-0.25, -0.2) is 0 Å². The van der Waals surface area contributed by atoms with Gasteiger partial charge < -0.3 is 10.2 Å². The molecule has 0 amide bonds. The summed E-state index contributed by atoms with van der Waals surface area (Å²) in [7, 11) is 0. The number of aromatic hydroxyl groups is 1. The van der Waals surface area contributed by atoms with E-state index in [4.69, 9.17) is 4.99 Å². The molecule has 6 rings (SSSR count). The van der Waals surface area contributed by atoms with Crippen molar-refractivity contribution in [2.45, 2.75) is 58.9 Å². The maximum Gasteiger partial charge on any atom is 0.128 e. The first-order chi connectivity index (χ1) is 13.0. The molecule has 1 atom stereocenters. The molecule has 4 aliphatic rings. The van der Waals surface area contributed by atoms with Gasteiger partial charge in [-0.05, 0) is 67.2 Å². The first-order valence-corrected chi connectivity index (χ1v) is 10.0. The zero-order valence-corrected chi connectivity index (χ0v) is 16.7. The molecule has 0 spiro atoms. The first-order valence-electron chi connectivity index (χ1n) is 10.0. The number of phenols is 1. The molecule has 2 aromatic rings. The molecular formula is C24H31NO2. The summed E-state index contributed by atoms with van der Waals surface area (Å²) in [6.45, 7) is 6.28. The smallest absolute Gasteiger partial charge is 0.128 e. The van der Waals surface area contributed by atoms with Crippen LogP contribution < -0.4 is 0 Å². The molecule has 0 saturated heterocycles. The van der Waals surface area contributed by atoms with Crippen molar-refractivity contribution in [3.63, 3.8) is 0 Å². The number of rotatable bonds is 5. The predicted molar refractivity (Wildman–Crippen MR) is 112 cm³/mol. The highest BCUT2D eigenvalue weighted by Crippen LogP contribution is 2.30. The third-order valence-corrected chi connectivity index (χ3v) is 5.43. The van der Waals surface area contributed by atoms with Crippen molar-refractivity contribution in [1.82, 2.24) is 0 Å².